The molecule has 0 saturated carbocycles. The third kappa shape index (κ3) is 5.65. The third-order valence-electron chi connectivity index (χ3n) is 3.49. The van der Waals surface area contributed by atoms with Crippen LogP contribution in [0.2, 0.25) is 5.02 Å². The van der Waals surface area contributed by atoms with Crippen LogP contribution in [-0.4, -0.2) is 18.4 Å². The summed E-state index contributed by atoms with van der Waals surface area (Å²) in [5.74, 6) is -0.311. The van der Waals surface area contributed by atoms with E-state index in [2.05, 4.69) is 26.6 Å². The summed E-state index contributed by atoms with van der Waals surface area (Å²) in [6, 6.07) is 14.3. The molecule has 2 rings (SSSR count). The van der Waals surface area contributed by atoms with Crippen molar-refractivity contribution in [3.05, 3.63) is 69.2 Å². The molecular formula is C18H18BrClN2O2. The molecule has 2 aromatic rings. The van der Waals surface area contributed by atoms with Gasteiger partial charge >= 0.3 is 0 Å². The lowest BCUT2D eigenvalue weighted by Crippen LogP contribution is -2.32. The van der Waals surface area contributed by atoms with Gasteiger partial charge in [-0.1, -0.05) is 39.7 Å². The minimum absolute atomic E-state index is 0.114. The molecule has 1 atom stereocenters. The summed E-state index contributed by atoms with van der Waals surface area (Å²) >= 11 is 9.17. The maximum Gasteiger partial charge on any atom is 0.251 e. The maximum atomic E-state index is 12.0. The van der Waals surface area contributed by atoms with Crippen LogP contribution in [0, 0.1) is 0 Å². The number of carbonyl (C=O) groups excluding carboxylic acids is 2. The lowest BCUT2D eigenvalue weighted by atomic mass is 10.1. The smallest absolute Gasteiger partial charge is 0.251 e. The second-order valence-electron chi connectivity index (χ2n) is 5.35. The van der Waals surface area contributed by atoms with E-state index in [-0.39, 0.29) is 30.8 Å². The number of hydrogen-bond acceptors (Lipinski definition) is 2. The highest BCUT2D eigenvalue weighted by molar-refractivity contribution is 9.10. The standard InChI is InChI=1S/C18H18BrClN2O2/c1-12(13-4-8-16(20)9-5-13)22-17(23)10-11-21-18(24)14-2-6-15(19)7-3-14/h2-9,12H,10-11H2,1H3,(H,21,24)(H,22,23)/t12-/m0/s1. The topological polar surface area (TPSA) is 58.2 Å². The SMILES string of the molecule is C[C@H](NC(=O)CCNC(=O)c1ccc(Br)cc1)c1ccc(Cl)cc1. The first-order valence-electron chi connectivity index (χ1n) is 7.54. The molecule has 4 nitrogen and oxygen atoms in total. The fraction of sp³-hybridized carbons (Fsp3) is 0.222. The number of nitrogens with one attached hydrogen (secondary N) is 2. The van der Waals surface area contributed by atoms with Gasteiger partial charge in [0.05, 0.1) is 6.04 Å². The maximum absolute atomic E-state index is 12.0. The minimum Gasteiger partial charge on any atom is -0.352 e. The average molecular weight is 410 g/mol. The van der Waals surface area contributed by atoms with Crippen LogP contribution in [0.1, 0.15) is 35.3 Å². The molecular weight excluding hydrogens is 392 g/mol. The molecule has 6 heteroatoms. The van der Waals surface area contributed by atoms with Crippen molar-refractivity contribution in [3.63, 3.8) is 0 Å². The van der Waals surface area contributed by atoms with E-state index >= 15 is 0 Å². The Labute approximate surface area is 154 Å². The second-order valence-corrected chi connectivity index (χ2v) is 6.71. The highest BCUT2D eigenvalue weighted by Gasteiger charge is 2.10. The number of hydrogen-bond donors (Lipinski definition) is 2. The Hall–Kier alpha value is -1.85. The highest BCUT2D eigenvalue weighted by atomic mass is 79.9. The van der Waals surface area contributed by atoms with Crippen molar-refractivity contribution in [2.45, 2.75) is 19.4 Å². The second kappa shape index (κ2) is 8.85. The van der Waals surface area contributed by atoms with Gasteiger partial charge in [-0.05, 0) is 48.9 Å². The van der Waals surface area contributed by atoms with E-state index in [1.807, 2.05) is 19.1 Å². The van der Waals surface area contributed by atoms with E-state index in [0.717, 1.165) is 10.0 Å². The molecule has 0 aromatic heterocycles. The van der Waals surface area contributed by atoms with E-state index < -0.39 is 0 Å². The number of carbonyl (C=O) groups is 2. The molecule has 0 saturated heterocycles. The summed E-state index contributed by atoms with van der Waals surface area (Å²) in [6.45, 7) is 2.19. The highest BCUT2D eigenvalue weighted by Crippen LogP contribution is 2.16. The molecule has 0 unspecified atom stereocenters. The summed E-state index contributed by atoms with van der Waals surface area (Å²) in [6.07, 6.45) is 0.222. The van der Waals surface area contributed by atoms with Crippen LogP contribution in [0.15, 0.2) is 53.0 Å². The molecule has 0 radical (unpaired) electrons. The minimum atomic E-state index is -0.193. The summed E-state index contributed by atoms with van der Waals surface area (Å²) in [5, 5.41) is 6.29. The fourth-order valence-corrected chi connectivity index (χ4v) is 2.53. The Kier molecular flexibility index (Phi) is 6.82. The van der Waals surface area contributed by atoms with Gasteiger partial charge in [0, 0.05) is 28.0 Å². The zero-order chi connectivity index (χ0) is 17.5. The Morgan fingerprint density at radius 1 is 1.08 bits per heavy atom. The van der Waals surface area contributed by atoms with Crippen molar-refractivity contribution < 1.29 is 9.59 Å². The molecule has 2 N–H and O–H groups in total. The molecule has 0 aliphatic carbocycles. The first-order chi connectivity index (χ1) is 11.5. The van der Waals surface area contributed by atoms with Crippen molar-refractivity contribution in [3.8, 4) is 0 Å². The van der Waals surface area contributed by atoms with Crippen LogP contribution in [-0.2, 0) is 4.79 Å². The monoisotopic (exact) mass is 408 g/mol. The molecule has 126 valence electrons. The number of rotatable bonds is 6. The van der Waals surface area contributed by atoms with Gasteiger partial charge in [0.25, 0.3) is 5.91 Å². The fourth-order valence-electron chi connectivity index (χ4n) is 2.14. The predicted molar refractivity (Wildman–Crippen MR) is 99.1 cm³/mol. The predicted octanol–water partition coefficient (Wildman–Crippen LogP) is 4.10. The van der Waals surface area contributed by atoms with Gasteiger partial charge in [-0.2, -0.15) is 0 Å². The van der Waals surface area contributed by atoms with Crippen molar-refractivity contribution in [1.82, 2.24) is 10.6 Å². The van der Waals surface area contributed by atoms with E-state index in [0.29, 0.717) is 10.6 Å². The van der Waals surface area contributed by atoms with Gasteiger partial charge in [-0.25, -0.2) is 0 Å². The van der Waals surface area contributed by atoms with Gasteiger partial charge in [-0.15, -0.1) is 0 Å². The van der Waals surface area contributed by atoms with Crippen LogP contribution in [0.5, 0.6) is 0 Å². The Morgan fingerprint density at radius 2 is 1.71 bits per heavy atom. The summed E-state index contributed by atoms with van der Waals surface area (Å²) < 4.78 is 0.912. The molecule has 2 amide bonds. The molecule has 2 aromatic carbocycles. The van der Waals surface area contributed by atoms with Crippen molar-refractivity contribution in [2.24, 2.45) is 0 Å². The Bertz CT molecular complexity index is 702. The molecule has 0 heterocycles. The normalized spacial score (nSPS) is 11.6. The van der Waals surface area contributed by atoms with Gasteiger partial charge in [0.15, 0.2) is 0 Å². The van der Waals surface area contributed by atoms with Gasteiger partial charge < -0.3 is 10.6 Å². The van der Waals surface area contributed by atoms with Crippen LogP contribution in [0.3, 0.4) is 0 Å². The first-order valence-corrected chi connectivity index (χ1v) is 8.71. The van der Waals surface area contributed by atoms with Crippen LogP contribution >= 0.6 is 27.5 Å². The van der Waals surface area contributed by atoms with Crippen molar-refractivity contribution in [1.29, 1.82) is 0 Å². The summed E-state index contributed by atoms with van der Waals surface area (Å²) in [4.78, 5) is 23.9. The average Bonchev–Trinajstić information content (AvgIpc) is 2.55. The van der Waals surface area contributed by atoms with Gasteiger partial charge in [-0.3, -0.25) is 9.59 Å². The van der Waals surface area contributed by atoms with Crippen molar-refractivity contribution >= 4 is 39.3 Å². The quantitative estimate of drug-likeness (QED) is 0.754. The summed E-state index contributed by atoms with van der Waals surface area (Å²) in [7, 11) is 0. The number of benzene rings is 2. The van der Waals surface area contributed by atoms with Crippen molar-refractivity contribution in [2.75, 3.05) is 6.54 Å². The van der Waals surface area contributed by atoms with Gasteiger partial charge in [0.1, 0.15) is 0 Å². The Balaban J connectivity index is 1.75. The molecule has 0 fully saturated rings. The van der Waals surface area contributed by atoms with Crippen LogP contribution in [0.25, 0.3) is 0 Å². The number of halogens is 2. The Morgan fingerprint density at radius 3 is 2.33 bits per heavy atom. The first kappa shape index (κ1) is 18.5. The van der Waals surface area contributed by atoms with Crippen LogP contribution in [0.4, 0.5) is 0 Å². The van der Waals surface area contributed by atoms with Crippen LogP contribution < -0.4 is 10.6 Å². The van der Waals surface area contributed by atoms with E-state index in [9.17, 15) is 9.59 Å². The lowest BCUT2D eigenvalue weighted by molar-refractivity contribution is -0.121. The third-order valence-corrected chi connectivity index (χ3v) is 4.27. The van der Waals surface area contributed by atoms with E-state index in [1.54, 1.807) is 36.4 Å². The molecule has 0 aliphatic rings. The van der Waals surface area contributed by atoms with E-state index in [1.165, 1.54) is 0 Å². The van der Waals surface area contributed by atoms with E-state index in [4.69, 9.17) is 11.6 Å². The number of amides is 2. The molecule has 0 spiro atoms. The molecule has 0 bridgehead atoms. The molecule has 24 heavy (non-hydrogen) atoms. The lowest BCUT2D eigenvalue weighted by Gasteiger charge is -2.14. The summed E-state index contributed by atoms with van der Waals surface area (Å²) in [5.41, 5.74) is 1.54. The van der Waals surface area contributed by atoms with Gasteiger partial charge in [0.2, 0.25) is 5.91 Å². The zero-order valence-corrected chi connectivity index (χ0v) is 15.5. The zero-order valence-electron chi connectivity index (χ0n) is 13.2. The largest absolute Gasteiger partial charge is 0.352 e. The molecule has 0 aliphatic heterocycles.